The van der Waals surface area contributed by atoms with Gasteiger partial charge in [-0.1, -0.05) is 90.0 Å². The van der Waals surface area contributed by atoms with Crippen LogP contribution in [0.25, 0.3) is 0 Å². The zero-order chi connectivity index (χ0) is 14.9. The number of hydrogen-bond donors (Lipinski definition) is 1. The van der Waals surface area contributed by atoms with Gasteiger partial charge in [-0.3, -0.25) is 0 Å². The highest BCUT2D eigenvalue weighted by atomic mass is 16.4. The number of aliphatic carboxylic acids is 1. The second-order valence-corrected chi connectivity index (χ2v) is 5.77. The Labute approximate surface area is 125 Å². The standard InChI is InChI=1S/C18H34O2/c1-2-3-4-5-6-7-8-9-10-11-12-13-14-15-16-17-18(19)20/h16-17H,2-15H2,1H3,(H,19,20). The quantitative estimate of drug-likeness (QED) is 0.291. The molecule has 0 rings (SSSR count). The van der Waals surface area contributed by atoms with E-state index in [1.54, 1.807) is 6.08 Å². The van der Waals surface area contributed by atoms with E-state index in [9.17, 15) is 4.79 Å². The molecule has 1 N–H and O–H groups in total. The van der Waals surface area contributed by atoms with Crippen molar-refractivity contribution < 1.29 is 9.90 Å². The highest BCUT2D eigenvalue weighted by molar-refractivity contribution is 5.79. The Hall–Kier alpha value is -0.790. The van der Waals surface area contributed by atoms with Crippen molar-refractivity contribution in [3.05, 3.63) is 12.2 Å². The minimum atomic E-state index is -0.834. The van der Waals surface area contributed by atoms with E-state index in [-0.39, 0.29) is 0 Å². The lowest BCUT2D eigenvalue weighted by Crippen LogP contribution is -1.86. The number of unbranched alkanes of at least 4 members (excludes halogenated alkanes) is 13. The molecular weight excluding hydrogens is 248 g/mol. The second kappa shape index (κ2) is 16.3. The molecule has 2 nitrogen and oxygen atoms in total. The number of allylic oxidation sites excluding steroid dienone is 1. The highest BCUT2D eigenvalue weighted by Crippen LogP contribution is 2.12. The van der Waals surface area contributed by atoms with Gasteiger partial charge in [-0.25, -0.2) is 4.79 Å². The molecule has 0 aromatic heterocycles. The number of carboxylic acids is 1. The van der Waals surface area contributed by atoms with E-state index < -0.39 is 5.97 Å². The van der Waals surface area contributed by atoms with Crippen LogP contribution in [0.3, 0.4) is 0 Å². The van der Waals surface area contributed by atoms with Crippen LogP contribution < -0.4 is 0 Å². The summed E-state index contributed by atoms with van der Waals surface area (Å²) in [6.07, 6.45) is 21.6. The number of rotatable bonds is 15. The summed E-state index contributed by atoms with van der Waals surface area (Å²) < 4.78 is 0. The van der Waals surface area contributed by atoms with Crippen LogP contribution in [0.1, 0.15) is 96.8 Å². The Morgan fingerprint density at radius 1 is 0.750 bits per heavy atom. The minimum absolute atomic E-state index is 0.834. The molecule has 0 aliphatic carbocycles. The number of hydrogen-bond acceptors (Lipinski definition) is 1. The van der Waals surface area contributed by atoms with Crippen LogP contribution in [0.4, 0.5) is 0 Å². The predicted octanol–water partition coefficient (Wildman–Crippen LogP) is 6.11. The van der Waals surface area contributed by atoms with E-state index in [4.69, 9.17) is 5.11 Å². The van der Waals surface area contributed by atoms with Crippen LogP contribution in [0.5, 0.6) is 0 Å². The summed E-state index contributed by atoms with van der Waals surface area (Å²) in [5.74, 6) is -0.834. The van der Waals surface area contributed by atoms with E-state index in [1.165, 1.54) is 83.1 Å². The molecule has 0 fully saturated rings. The molecule has 0 saturated heterocycles. The summed E-state index contributed by atoms with van der Waals surface area (Å²) in [6.45, 7) is 2.27. The first kappa shape index (κ1) is 19.2. The summed E-state index contributed by atoms with van der Waals surface area (Å²) in [5.41, 5.74) is 0. The van der Waals surface area contributed by atoms with Gasteiger partial charge in [-0.15, -0.1) is 0 Å². The largest absolute Gasteiger partial charge is 0.478 e. The first-order valence-corrected chi connectivity index (χ1v) is 8.67. The summed E-state index contributed by atoms with van der Waals surface area (Å²) in [7, 11) is 0. The summed E-state index contributed by atoms with van der Waals surface area (Å²) in [5, 5.41) is 8.43. The lowest BCUT2D eigenvalue weighted by atomic mass is 10.0. The van der Waals surface area contributed by atoms with E-state index in [0.29, 0.717) is 0 Å². The van der Waals surface area contributed by atoms with Crippen molar-refractivity contribution in [2.24, 2.45) is 0 Å². The summed E-state index contributed by atoms with van der Waals surface area (Å²) >= 11 is 0. The molecule has 0 aromatic rings. The maximum absolute atomic E-state index is 10.2. The van der Waals surface area contributed by atoms with Gasteiger partial charge in [0.15, 0.2) is 0 Å². The predicted molar refractivity (Wildman–Crippen MR) is 87.1 cm³/mol. The van der Waals surface area contributed by atoms with Gasteiger partial charge in [0.25, 0.3) is 0 Å². The monoisotopic (exact) mass is 282 g/mol. The fourth-order valence-corrected chi connectivity index (χ4v) is 2.46. The average molecular weight is 282 g/mol. The first-order valence-electron chi connectivity index (χ1n) is 8.67. The van der Waals surface area contributed by atoms with Crippen LogP contribution in [0.2, 0.25) is 0 Å². The third-order valence-corrected chi connectivity index (χ3v) is 3.73. The molecule has 0 radical (unpaired) electrons. The van der Waals surface area contributed by atoms with Gasteiger partial charge in [0.05, 0.1) is 0 Å². The Morgan fingerprint density at radius 3 is 1.55 bits per heavy atom. The van der Waals surface area contributed by atoms with Crippen LogP contribution in [-0.4, -0.2) is 11.1 Å². The zero-order valence-corrected chi connectivity index (χ0v) is 13.4. The fourth-order valence-electron chi connectivity index (χ4n) is 2.46. The molecule has 0 aliphatic rings. The molecular formula is C18H34O2. The number of carboxylic acid groups (broad SMARTS) is 1. The maximum Gasteiger partial charge on any atom is 0.327 e. The molecule has 0 heterocycles. The fraction of sp³-hybridized carbons (Fsp3) is 0.833. The molecule has 0 unspecified atom stereocenters. The highest BCUT2D eigenvalue weighted by Gasteiger charge is 1.93. The second-order valence-electron chi connectivity index (χ2n) is 5.77. The molecule has 0 amide bonds. The van der Waals surface area contributed by atoms with Crippen molar-refractivity contribution in [2.45, 2.75) is 96.8 Å². The van der Waals surface area contributed by atoms with Crippen LogP contribution >= 0.6 is 0 Å². The zero-order valence-electron chi connectivity index (χ0n) is 13.4. The molecule has 0 aliphatic heterocycles. The third kappa shape index (κ3) is 17.2. The van der Waals surface area contributed by atoms with E-state index >= 15 is 0 Å². The Kier molecular flexibility index (Phi) is 15.6. The van der Waals surface area contributed by atoms with Gasteiger partial charge in [-0.2, -0.15) is 0 Å². The first-order chi connectivity index (χ1) is 9.77. The van der Waals surface area contributed by atoms with Crippen molar-refractivity contribution in [1.29, 1.82) is 0 Å². The Morgan fingerprint density at radius 2 is 1.15 bits per heavy atom. The molecule has 0 saturated carbocycles. The van der Waals surface area contributed by atoms with Gasteiger partial charge >= 0.3 is 5.97 Å². The van der Waals surface area contributed by atoms with Crippen molar-refractivity contribution >= 4 is 5.97 Å². The van der Waals surface area contributed by atoms with E-state index in [0.717, 1.165) is 12.8 Å². The molecule has 0 atom stereocenters. The summed E-state index contributed by atoms with van der Waals surface area (Å²) in [4.78, 5) is 10.2. The average Bonchev–Trinajstić information content (AvgIpc) is 2.43. The molecule has 0 aromatic carbocycles. The van der Waals surface area contributed by atoms with Crippen LogP contribution in [0.15, 0.2) is 12.2 Å². The lowest BCUT2D eigenvalue weighted by molar-refractivity contribution is -0.131. The maximum atomic E-state index is 10.2. The number of carbonyl (C=O) groups is 1. The van der Waals surface area contributed by atoms with Crippen molar-refractivity contribution in [3.63, 3.8) is 0 Å². The summed E-state index contributed by atoms with van der Waals surface area (Å²) in [6, 6.07) is 0. The molecule has 2 heteroatoms. The minimum Gasteiger partial charge on any atom is -0.478 e. The van der Waals surface area contributed by atoms with Crippen molar-refractivity contribution in [3.8, 4) is 0 Å². The molecule has 20 heavy (non-hydrogen) atoms. The molecule has 118 valence electrons. The van der Waals surface area contributed by atoms with Gasteiger partial charge in [0.2, 0.25) is 0 Å². The third-order valence-electron chi connectivity index (χ3n) is 3.73. The van der Waals surface area contributed by atoms with Crippen LogP contribution in [-0.2, 0) is 4.79 Å². The van der Waals surface area contributed by atoms with Crippen molar-refractivity contribution in [1.82, 2.24) is 0 Å². The molecule has 0 spiro atoms. The molecule has 0 bridgehead atoms. The van der Waals surface area contributed by atoms with E-state index in [2.05, 4.69) is 6.92 Å². The van der Waals surface area contributed by atoms with Gasteiger partial charge in [0.1, 0.15) is 0 Å². The van der Waals surface area contributed by atoms with Gasteiger partial charge < -0.3 is 5.11 Å². The lowest BCUT2D eigenvalue weighted by Gasteiger charge is -2.02. The Bertz CT molecular complexity index is 234. The van der Waals surface area contributed by atoms with Gasteiger partial charge in [-0.05, 0) is 12.8 Å². The normalized spacial score (nSPS) is 11.2. The SMILES string of the molecule is CCCCCCCCCCCCCCCC=CC(=O)O. The van der Waals surface area contributed by atoms with E-state index in [1.807, 2.05) is 0 Å². The Balaban J connectivity index is 3.01. The smallest absolute Gasteiger partial charge is 0.327 e. The topological polar surface area (TPSA) is 37.3 Å². The van der Waals surface area contributed by atoms with Gasteiger partial charge in [0, 0.05) is 6.08 Å². The van der Waals surface area contributed by atoms with Crippen molar-refractivity contribution in [2.75, 3.05) is 0 Å². The van der Waals surface area contributed by atoms with Crippen LogP contribution in [0, 0.1) is 0 Å².